The van der Waals surface area contributed by atoms with Crippen molar-refractivity contribution in [2.75, 3.05) is 26.1 Å². The molecule has 4 nitrogen and oxygen atoms in total. The Bertz CT molecular complexity index is 283. The van der Waals surface area contributed by atoms with Gasteiger partial charge in [-0.3, -0.25) is 0 Å². The number of rotatable bonds is 2. The monoisotopic (exact) mass is 186 g/mol. The fourth-order valence-electron chi connectivity index (χ4n) is 0.668. The molecule has 1 rings (SSSR count). The van der Waals surface area contributed by atoms with Crippen LogP contribution in [-0.2, 0) is 4.74 Å². The van der Waals surface area contributed by atoms with E-state index in [1.54, 1.807) is 5.38 Å². The summed E-state index contributed by atoms with van der Waals surface area (Å²) in [4.78, 5) is 16.8. The van der Waals surface area contributed by atoms with Crippen LogP contribution in [0.1, 0.15) is 10.5 Å². The molecule has 0 unspecified atom stereocenters. The molecule has 1 heterocycles. The van der Waals surface area contributed by atoms with Gasteiger partial charge in [0, 0.05) is 19.5 Å². The lowest BCUT2D eigenvalue weighted by atomic mass is 10.5. The summed E-state index contributed by atoms with van der Waals surface area (Å²) in [5.41, 5.74) is 0.367. The summed E-state index contributed by atoms with van der Waals surface area (Å²) in [6.07, 6.45) is 0. The molecule has 0 saturated heterocycles. The molecule has 0 bridgehead atoms. The molecular weight excluding hydrogens is 176 g/mol. The third-order valence-corrected chi connectivity index (χ3v) is 2.28. The van der Waals surface area contributed by atoms with E-state index in [9.17, 15) is 4.79 Å². The average Bonchev–Trinajstić information content (AvgIpc) is 2.51. The van der Waals surface area contributed by atoms with Gasteiger partial charge in [-0.05, 0) is 0 Å². The van der Waals surface area contributed by atoms with E-state index in [1.165, 1.54) is 18.4 Å². The molecular formula is C7H10N2O2S. The lowest BCUT2D eigenvalue weighted by Crippen LogP contribution is -2.09. The smallest absolute Gasteiger partial charge is 0.357 e. The lowest BCUT2D eigenvalue weighted by molar-refractivity contribution is 0.0595. The molecule has 0 spiro atoms. The number of methoxy groups -OCH3 is 1. The van der Waals surface area contributed by atoms with Gasteiger partial charge >= 0.3 is 5.97 Å². The maximum Gasteiger partial charge on any atom is 0.357 e. The summed E-state index contributed by atoms with van der Waals surface area (Å²) in [7, 11) is 5.09. The third-order valence-electron chi connectivity index (χ3n) is 1.27. The van der Waals surface area contributed by atoms with Crippen molar-refractivity contribution in [3.63, 3.8) is 0 Å². The van der Waals surface area contributed by atoms with Crippen LogP contribution in [0.4, 0.5) is 5.13 Å². The number of ether oxygens (including phenoxy) is 1. The van der Waals surface area contributed by atoms with Gasteiger partial charge in [-0.2, -0.15) is 0 Å². The molecule has 1 aromatic rings. The van der Waals surface area contributed by atoms with Gasteiger partial charge in [-0.1, -0.05) is 0 Å². The van der Waals surface area contributed by atoms with Crippen LogP contribution in [0.5, 0.6) is 0 Å². The van der Waals surface area contributed by atoms with E-state index in [4.69, 9.17) is 0 Å². The summed E-state index contributed by atoms with van der Waals surface area (Å²) in [5.74, 6) is -0.389. The minimum absolute atomic E-state index is 0.367. The van der Waals surface area contributed by atoms with Crippen LogP contribution in [0.15, 0.2) is 5.38 Å². The van der Waals surface area contributed by atoms with E-state index in [1.807, 2.05) is 19.0 Å². The Morgan fingerprint density at radius 3 is 2.75 bits per heavy atom. The second-order valence-electron chi connectivity index (χ2n) is 2.40. The Labute approximate surface area is 74.8 Å². The van der Waals surface area contributed by atoms with Crippen molar-refractivity contribution >= 4 is 22.4 Å². The first-order valence-electron chi connectivity index (χ1n) is 3.36. The zero-order valence-electron chi connectivity index (χ0n) is 7.20. The second-order valence-corrected chi connectivity index (χ2v) is 3.24. The predicted octanol–water partition coefficient (Wildman–Crippen LogP) is 0.996. The molecule has 0 atom stereocenters. The van der Waals surface area contributed by atoms with Crippen molar-refractivity contribution in [1.29, 1.82) is 0 Å². The SMILES string of the molecule is COC(=O)c1csc(N(C)C)n1. The molecule has 0 N–H and O–H groups in total. The van der Waals surface area contributed by atoms with E-state index in [0.717, 1.165) is 5.13 Å². The fraction of sp³-hybridized carbons (Fsp3) is 0.429. The quantitative estimate of drug-likeness (QED) is 0.646. The van der Waals surface area contributed by atoms with Crippen molar-refractivity contribution < 1.29 is 9.53 Å². The number of esters is 1. The Hall–Kier alpha value is -1.10. The fourth-order valence-corrected chi connectivity index (χ4v) is 1.40. The van der Waals surface area contributed by atoms with Crippen molar-refractivity contribution in [2.24, 2.45) is 0 Å². The van der Waals surface area contributed by atoms with Crippen LogP contribution < -0.4 is 4.90 Å². The number of carbonyl (C=O) groups excluding carboxylic acids is 1. The van der Waals surface area contributed by atoms with E-state index < -0.39 is 0 Å². The molecule has 1 aromatic heterocycles. The number of thiazole rings is 1. The Kier molecular flexibility index (Phi) is 2.65. The Balaban J connectivity index is 2.84. The van der Waals surface area contributed by atoms with Gasteiger partial charge in [0.2, 0.25) is 0 Å². The van der Waals surface area contributed by atoms with E-state index in [2.05, 4.69) is 9.72 Å². The normalized spacial score (nSPS) is 9.58. The van der Waals surface area contributed by atoms with Crippen molar-refractivity contribution in [2.45, 2.75) is 0 Å². The Morgan fingerprint density at radius 2 is 2.33 bits per heavy atom. The topological polar surface area (TPSA) is 42.4 Å². The van der Waals surface area contributed by atoms with E-state index >= 15 is 0 Å². The molecule has 0 radical (unpaired) electrons. The lowest BCUT2D eigenvalue weighted by Gasteiger charge is -2.04. The number of nitrogens with zero attached hydrogens (tertiary/aromatic N) is 2. The summed E-state index contributed by atoms with van der Waals surface area (Å²) in [6, 6.07) is 0. The van der Waals surface area contributed by atoms with Crippen LogP contribution in [0.2, 0.25) is 0 Å². The highest BCUT2D eigenvalue weighted by atomic mass is 32.1. The maximum absolute atomic E-state index is 11.0. The second kappa shape index (κ2) is 3.53. The maximum atomic E-state index is 11.0. The van der Waals surface area contributed by atoms with Crippen molar-refractivity contribution in [3.05, 3.63) is 11.1 Å². The highest BCUT2D eigenvalue weighted by Crippen LogP contribution is 2.17. The molecule has 0 amide bonds. The molecule has 0 fully saturated rings. The third kappa shape index (κ3) is 1.73. The number of aromatic nitrogens is 1. The summed E-state index contributed by atoms with van der Waals surface area (Å²) >= 11 is 1.42. The van der Waals surface area contributed by atoms with Crippen molar-refractivity contribution in [3.8, 4) is 0 Å². The largest absolute Gasteiger partial charge is 0.464 e. The summed E-state index contributed by atoms with van der Waals surface area (Å²) in [5, 5.41) is 2.48. The molecule has 0 saturated carbocycles. The van der Waals surface area contributed by atoms with Crippen LogP contribution in [0, 0.1) is 0 Å². The van der Waals surface area contributed by atoms with Gasteiger partial charge in [-0.15, -0.1) is 11.3 Å². The first kappa shape index (κ1) is 8.99. The van der Waals surface area contributed by atoms with Gasteiger partial charge in [0.05, 0.1) is 7.11 Å². The molecule has 0 aliphatic rings. The van der Waals surface area contributed by atoms with Gasteiger partial charge < -0.3 is 9.64 Å². The standard InChI is InChI=1S/C7H10N2O2S/c1-9(2)7-8-5(4-12-7)6(10)11-3/h4H,1-3H3. The van der Waals surface area contributed by atoms with E-state index in [0.29, 0.717) is 5.69 Å². The zero-order chi connectivity index (χ0) is 9.14. The first-order chi connectivity index (χ1) is 5.65. The van der Waals surface area contributed by atoms with Gasteiger partial charge in [-0.25, -0.2) is 9.78 Å². The average molecular weight is 186 g/mol. The number of hydrogen-bond acceptors (Lipinski definition) is 5. The first-order valence-corrected chi connectivity index (χ1v) is 4.24. The molecule has 0 aliphatic carbocycles. The molecule has 66 valence electrons. The zero-order valence-corrected chi connectivity index (χ0v) is 8.01. The predicted molar refractivity (Wildman–Crippen MR) is 47.8 cm³/mol. The van der Waals surface area contributed by atoms with Crippen LogP contribution >= 0.6 is 11.3 Å². The molecule has 0 aliphatic heterocycles. The van der Waals surface area contributed by atoms with Gasteiger partial charge in [0.25, 0.3) is 0 Å². The number of anilines is 1. The van der Waals surface area contributed by atoms with Gasteiger partial charge in [0.15, 0.2) is 10.8 Å². The molecule has 0 aromatic carbocycles. The highest BCUT2D eigenvalue weighted by Gasteiger charge is 2.10. The van der Waals surface area contributed by atoms with E-state index in [-0.39, 0.29) is 5.97 Å². The molecule has 12 heavy (non-hydrogen) atoms. The minimum Gasteiger partial charge on any atom is -0.464 e. The minimum atomic E-state index is -0.389. The molecule has 5 heteroatoms. The van der Waals surface area contributed by atoms with Crippen LogP contribution in [0.25, 0.3) is 0 Å². The van der Waals surface area contributed by atoms with Gasteiger partial charge in [0.1, 0.15) is 0 Å². The van der Waals surface area contributed by atoms with Crippen LogP contribution in [-0.4, -0.2) is 32.2 Å². The van der Waals surface area contributed by atoms with Crippen LogP contribution in [0.3, 0.4) is 0 Å². The number of hydrogen-bond donors (Lipinski definition) is 0. The highest BCUT2D eigenvalue weighted by molar-refractivity contribution is 7.13. The number of carbonyl (C=O) groups is 1. The summed E-state index contributed by atoms with van der Waals surface area (Å²) < 4.78 is 4.52. The Morgan fingerprint density at radius 1 is 1.67 bits per heavy atom. The summed E-state index contributed by atoms with van der Waals surface area (Å²) in [6.45, 7) is 0. The van der Waals surface area contributed by atoms with Crippen molar-refractivity contribution in [1.82, 2.24) is 4.98 Å².